The van der Waals surface area contributed by atoms with Crippen LogP contribution in [0.2, 0.25) is 0 Å². The lowest BCUT2D eigenvalue weighted by Gasteiger charge is -2.47. The Morgan fingerprint density at radius 3 is 2.13 bits per heavy atom. The molecule has 18 nitrogen and oxygen atoms in total. The Hall–Kier alpha value is -1.71. The third kappa shape index (κ3) is 10.0. The number of carbonyl (C=O) groups is 1. The molecule has 226 valence electrons. The molecule has 0 aromatic carbocycles. The second-order valence-corrected chi connectivity index (χ2v) is 10.0. The van der Waals surface area contributed by atoms with E-state index < -0.39 is 90.9 Å². The number of hydrogen-bond donors (Lipinski definition) is 7. The van der Waals surface area contributed by atoms with Gasteiger partial charge in [0.1, 0.15) is 48.8 Å². The highest BCUT2D eigenvalue weighted by atomic mass is 32.3. The summed E-state index contributed by atoms with van der Waals surface area (Å²) in [5, 5.41) is 56.9. The average Bonchev–Trinajstić information content (AvgIpc) is 2.87. The molecule has 39 heavy (non-hydrogen) atoms. The monoisotopic (exact) mass is 588 g/mol. The molecule has 0 aromatic heterocycles. The van der Waals surface area contributed by atoms with Gasteiger partial charge in [0.2, 0.25) is 5.91 Å². The number of unbranched alkanes of at least 4 members (excludes halogenated alkanes) is 3. The SMILES string of the molecule is CC(=O)N[C@H]1[C@H](OCCCCCCN=[N+]=[N-])O[C@H](CO)[C@@H](O)[C@@H]1O[C@@H]1O[C@H](CO)[C@H](O)[C@H](OS(=O)(=O)O)[C@H]1O. The van der Waals surface area contributed by atoms with E-state index in [2.05, 4.69) is 19.5 Å². The summed E-state index contributed by atoms with van der Waals surface area (Å²) in [5.41, 5.74) is 8.30. The summed E-state index contributed by atoms with van der Waals surface area (Å²) in [5.74, 6) is -0.583. The number of azide groups is 1. The highest BCUT2D eigenvalue weighted by Gasteiger charge is 2.53. The lowest BCUT2D eigenvalue weighted by molar-refractivity contribution is -0.342. The Bertz CT molecular complexity index is 922. The van der Waals surface area contributed by atoms with Crippen molar-refractivity contribution in [2.45, 2.75) is 94.0 Å². The molecule has 1 amide bonds. The van der Waals surface area contributed by atoms with Crippen LogP contribution in [-0.2, 0) is 38.3 Å². The van der Waals surface area contributed by atoms with E-state index in [0.717, 1.165) is 6.42 Å². The Kier molecular flexibility index (Phi) is 13.7. The molecule has 2 rings (SSSR count). The Morgan fingerprint density at radius 1 is 0.974 bits per heavy atom. The molecule has 0 radical (unpaired) electrons. The molecule has 2 saturated heterocycles. The molecule has 0 aromatic rings. The van der Waals surface area contributed by atoms with E-state index in [-0.39, 0.29) is 6.61 Å². The number of carbonyl (C=O) groups excluding carboxylic acids is 1. The fourth-order valence-corrected chi connectivity index (χ4v) is 4.73. The van der Waals surface area contributed by atoms with E-state index >= 15 is 0 Å². The second kappa shape index (κ2) is 15.9. The quantitative estimate of drug-likeness (QED) is 0.0341. The van der Waals surface area contributed by atoms with Crippen LogP contribution < -0.4 is 5.32 Å². The lowest BCUT2D eigenvalue weighted by Crippen LogP contribution is -2.68. The molecule has 2 aliphatic rings. The minimum Gasteiger partial charge on any atom is -0.394 e. The number of amides is 1. The highest BCUT2D eigenvalue weighted by Crippen LogP contribution is 2.31. The zero-order valence-electron chi connectivity index (χ0n) is 21.1. The van der Waals surface area contributed by atoms with Crippen molar-refractivity contribution < 1.29 is 66.4 Å². The van der Waals surface area contributed by atoms with E-state index in [0.29, 0.717) is 25.8 Å². The maximum absolute atomic E-state index is 12.0. The van der Waals surface area contributed by atoms with Gasteiger partial charge < -0.3 is 49.8 Å². The van der Waals surface area contributed by atoms with Gasteiger partial charge in [-0.05, 0) is 18.4 Å². The van der Waals surface area contributed by atoms with E-state index in [1.165, 1.54) is 6.92 Å². The van der Waals surface area contributed by atoms with Crippen LogP contribution >= 0.6 is 0 Å². The smallest absolute Gasteiger partial charge is 0.394 e. The van der Waals surface area contributed by atoms with Crippen LogP contribution in [0.15, 0.2) is 5.11 Å². The number of nitrogens with zero attached hydrogens (tertiary/aromatic N) is 3. The largest absolute Gasteiger partial charge is 0.397 e. The van der Waals surface area contributed by atoms with Gasteiger partial charge in [0.05, 0.1) is 13.2 Å². The third-order valence-electron chi connectivity index (χ3n) is 6.07. The minimum atomic E-state index is -5.17. The van der Waals surface area contributed by atoms with Crippen LogP contribution in [0.25, 0.3) is 10.4 Å². The summed E-state index contributed by atoms with van der Waals surface area (Å²) in [6.45, 7) is 0.0888. The van der Waals surface area contributed by atoms with Crippen LogP contribution in [0.3, 0.4) is 0 Å². The second-order valence-electron chi connectivity index (χ2n) is 8.98. The van der Waals surface area contributed by atoms with Crippen LogP contribution in [0.5, 0.6) is 0 Å². The van der Waals surface area contributed by atoms with Crippen molar-refractivity contribution >= 4 is 16.3 Å². The van der Waals surface area contributed by atoms with Crippen molar-refractivity contribution in [3.05, 3.63) is 10.4 Å². The lowest BCUT2D eigenvalue weighted by atomic mass is 9.95. The normalized spacial score (nSPS) is 35.3. The van der Waals surface area contributed by atoms with Crippen LogP contribution in [0, 0.1) is 0 Å². The van der Waals surface area contributed by atoms with Gasteiger partial charge in [-0.3, -0.25) is 9.35 Å². The van der Waals surface area contributed by atoms with E-state index in [9.17, 15) is 38.7 Å². The molecule has 19 heteroatoms. The predicted molar refractivity (Wildman–Crippen MR) is 127 cm³/mol. The van der Waals surface area contributed by atoms with E-state index in [4.69, 9.17) is 29.0 Å². The maximum Gasteiger partial charge on any atom is 0.397 e. The summed E-state index contributed by atoms with van der Waals surface area (Å²) in [6.07, 6.45) is -12.4. The van der Waals surface area contributed by atoms with Gasteiger partial charge in [0, 0.05) is 25.0 Å². The Balaban J connectivity index is 2.20. The third-order valence-corrected chi connectivity index (χ3v) is 6.53. The summed E-state index contributed by atoms with van der Waals surface area (Å²) < 4.78 is 58.3. The zero-order chi connectivity index (χ0) is 29.2. The van der Waals surface area contributed by atoms with Gasteiger partial charge in [-0.15, -0.1) is 0 Å². The zero-order valence-corrected chi connectivity index (χ0v) is 21.9. The first-order valence-electron chi connectivity index (χ1n) is 12.2. The number of hydrogen-bond acceptors (Lipinski definition) is 14. The fraction of sp³-hybridized carbons (Fsp3) is 0.950. The minimum absolute atomic E-state index is 0.134. The van der Waals surface area contributed by atoms with Crippen molar-refractivity contribution in [1.29, 1.82) is 0 Å². The summed E-state index contributed by atoms with van der Waals surface area (Å²) in [7, 11) is -5.17. The summed E-state index contributed by atoms with van der Waals surface area (Å²) in [6, 6.07) is -1.23. The molecular weight excluding hydrogens is 552 g/mol. The Morgan fingerprint density at radius 2 is 1.56 bits per heavy atom. The van der Waals surface area contributed by atoms with Gasteiger partial charge in [-0.25, -0.2) is 4.18 Å². The number of ether oxygens (including phenoxy) is 4. The first-order valence-corrected chi connectivity index (χ1v) is 13.6. The Labute approximate surface area is 224 Å². The van der Waals surface area contributed by atoms with Crippen molar-refractivity contribution in [2.75, 3.05) is 26.4 Å². The number of aliphatic hydroxyl groups is 5. The molecule has 7 N–H and O–H groups in total. The van der Waals surface area contributed by atoms with Crippen molar-refractivity contribution in [3.63, 3.8) is 0 Å². The van der Waals surface area contributed by atoms with E-state index in [1.54, 1.807) is 0 Å². The van der Waals surface area contributed by atoms with Crippen LogP contribution in [-0.4, -0.2) is 132 Å². The standard InChI is InChI=1S/C20H36N4O14S/c1-10(27)23-13-17(37-20-16(30)18(38-39(31,32)33)15(29)12(9-26)36-20)14(28)11(8-25)35-19(13)34-7-5-3-2-4-6-22-24-21/h11-20,25-26,28-30H,2-9H2,1H3,(H,23,27)(H,31,32,33)/t11-,12-,13-,14-,15+,16-,17-,18+,19-,20+/m1/s1. The van der Waals surface area contributed by atoms with Crippen molar-refractivity contribution in [3.8, 4) is 0 Å². The fourth-order valence-electron chi connectivity index (χ4n) is 4.22. The molecule has 2 fully saturated rings. The highest BCUT2D eigenvalue weighted by molar-refractivity contribution is 7.80. The summed E-state index contributed by atoms with van der Waals surface area (Å²) >= 11 is 0. The number of rotatable bonds is 15. The van der Waals surface area contributed by atoms with E-state index in [1.807, 2.05) is 0 Å². The van der Waals surface area contributed by atoms with Gasteiger partial charge in [-0.1, -0.05) is 18.0 Å². The maximum atomic E-state index is 12.0. The van der Waals surface area contributed by atoms with Gasteiger partial charge in [0.25, 0.3) is 0 Å². The number of aliphatic hydroxyl groups excluding tert-OH is 5. The average molecular weight is 589 g/mol. The molecule has 0 aliphatic carbocycles. The molecule has 10 atom stereocenters. The molecule has 0 bridgehead atoms. The molecule has 0 saturated carbocycles. The first-order chi connectivity index (χ1) is 18.4. The number of nitrogens with one attached hydrogen (secondary N) is 1. The summed E-state index contributed by atoms with van der Waals surface area (Å²) in [4.78, 5) is 14.6. The van der Waals surface area contributed by atoms with Crippen LogP contribution in [0.1, 0.15) is 32.6 Å². The van der Waals surface area contributed by atoms with Crippen molar-refractivity contribution in [1.82, 2.24) is 5.32 Å². The molecule has 2 heterocycles. The molecule has 0 spiro atoms. The topological polar surface area (TPSA) is 280 Å². The first kappa shape index (κ1) is 33.5. The van der Waals surface area contributed by atoms with Gasteiger partial charge in [-0.2, -0.15) is 8.42 Å². The predicted octanol–water partition coefficient (Wildman–Crippen LogP) is -2.53. The molecular formula is C20H36N4O14S. The van der Waals surface area contributed by atoms with Crippen molar-refractivity contribution in [2.24, 2.45) is 5.11 Å². The van der Waals surface area contributed by atoms with Gasteiger partial charge >= 0.3 is 10.4 Å². The van der Waals surface area contributed by atoms with Gasteiger partial charge in [0.15, 0.2) is 12.6 Å². The van der Waals surface area contributed by atoms with Crippen LogP contribution in [0.4, 0.5) is 0 Å². The molecule has 2 aliphatic heterocycles. The molecule has 0 unspecified atom stereocenters.